The Morgan fingerprint density at radius 3 is 1.04 bits per heavy atom. The van der Waals surface area contributed by atoms with E-state index in [1.54, 1.807) is 6.08 Å². The minimum Gasteiger partial charge on any atom is -0.756 e. The van der Waals surface area contributed by atoms with Crippen LogP contribution in [0, 0.1) is 0 Å². The highest BCUT2D eigenvalue weighted by molar-refractivity contribution is 7.45. The minimum atomic E-state index is -4.59. The van der Waals surface area contributed by atoms with Crippen molar-refractivity contribution in [1.82, 2.24) is 5.32 Å². The van der Waals surface area contributed by atoms with Crippen LogP contribution in [0.1, 0.15) is 335 Å². The van der Waals surface area contributed by atoms with Gasteiger partial charge in [-0.05, 0) is 19.3 Å². The molecule has 0 saturated heterocycles. The predicted octanol–water partition coefficient (Wildman–Crippen LogP) is 19.1. The smallest absolute Gasteiger partial charge is 0.268 e. The zero-order chi connectivity index (χ0) is 52.7. The van der Waals surface area contributed by atoms with E-state index < -0.39 is 20.0 Å². The number of rotatable bonds is 60. The third-order valence-electron chi connectivity index (χ3n) is 15.0. The average molecular weight is 1040 g/mol. The standard InChI is InChI=1S/C63H127N2O6P/c1-6-8-10-12-14-16-18-19-20-21-22-23-24-25-26-27-28-29-30-31-32-33-34-35-36-37-38-39-40-41-42-43-44-45-47-49-51-53-55-57-63(67)64-61(60-71-72(68,69)70-59-58-65(3,4)5)62(66)56-54-52-50-48-46-17-15-13-11-9-7-2/h54,56,61-62,66H,6-53,55,57-60H2,1-5H3,(H-,64,67,68,69)/b56-54+. The van der Waals surface area contributed by atoms with Gasteiger partial charge in [-0.3, -0.25) is 9.36 Å². The second kappa shape index (κ2) is 55.0. The highest BCUT2D eigenvalue weighted by Crippen LogP contribution is 2.38. The normalized spacial score (nSPS) is 13.8. The summed E-state index contributed by atoms with van der Waals surface area (Å²) in [5.41, 5.74) is 0. The molecule has 0 aliphatic carbocycles. The number of carbonyl (C=O) groups is 1. The molecule has 1 amide bonds. The molecule has 0 fully saturated rings. The van der Waals surface area contributed by atoms with Crippen LogP contribution in [0.2, 0.25) is 0 Å². The van der Waals surface area contributed by atoms with Crippen molar-refractivity contribution in [2.75, 3.05) is 40.9 Å². The molecule has 0 aromatic heterocycles. The van der Waals surface area contributed by atoms with Gasteiger partial charge in [-0.25, -0.2) is 0 Å². The first-order valence-corrected chi connectivity index (χ1v) is 33.5. The van der Waals surface area contributed by atoms with Crippen LogP contribution in [0.5, 0.6) is 0 Å². The van der Waals surface area contributed by atoms with E-state index >= 15 is 0 Å². The Kier molecular flexibility index (Phi) is 54.4. The highest BCUT2D eigenvalue weighted by Gasteiger charge is 2.23. The van der Waals surface area contributed by atoms with Gasteiger partial charge in [0.25, 0.3) is 7.82 Å². The number of amides is 1. The first-order valence-electron chi connectivity index (χ1n) is 32.1. The summed E-state index contributed by atoms with van der Waals surface area (Å²) >= 11 is 0. The van der Waals surface area contributed by atoms with Crippen LogP contribution >= 0.6 is 7.82 Å². The zero-order valence-electron chi connectivity index (χ0n) is 49.2. The van der Waals surface area contributed by atoms with Crippen LogP contribution in [-0.4, -0.2) is 68.5 Å². The Morgan fingerprint density at radius 1 is 0.472 bits per heavy atom. The molecule has 8 nitrogen and oxygen atoms in total. The predicted molar refractivity (Wildman–Crippen MR) is 312 cm³/mol. The fourth-order valence-corrected chi connectivity index (χ4v) is 10.7. The van der Waals surface area contributed by atoms with Crippen LogP contribution in [0.4, 0.5) is 0 Å². The van der Waals surface area contributed by atoms with Crippen molar-refractivity contribution in [3.63, 3.8) is 0 Å². The first kappa shape index (κ1) is 71.2. The number of quaternary nitrogens is 1. The van der Waals surface area contributed by atoms with E-state index in [1.165, 1.54) is 276 Å². The third-order valence-corrected chi connectivity index (χ3v) is 16.0. The second-order valence-corrected chi connectivity index (χ2v) is 24.9. The molecule has 0 aliphatic heterocycles. The average Bonchev–Trinajstić information content (AvgIpc) is 3.34. The maximum absolute atomic E-state index is 12.9. The highest BCUT2D eigenvalue weighted by atomic mass is 31.2. The number of nitrogens with zero attached hydrogens (tertiary/aromatic N) is 1. The number of hydrogen-bond donors (Lipinski definition) is 2. The summed E-state index contributed by atoms with van der Waals surface area (Å²) in [5.74, 6) is -0.191. The summed E-state index contributed by atoms with van der Waals surface area (Å²) in [6.07, 6.45) is 69.2. The molecule has 0 spiro atoms. The Bertz CT molecular complexity index is 1180. The van der Waals surface area contributed by atoms with Gasteiger partial charge < -0.3 is 28.8 Å². The molecule has 9 heteroatoms. The Balaban J connectivity index is 3.78. The van der Waals surface area contributed by atoms with Crippen molar-refractivity contribution in [2.45, 2.75) is 347 Å². The summed E-state index contributed by atoms with van der Waals surface area (Å²) in [6.45, 7) is 4.67. The van der Waals surface area contributed by atoms with Crippen LogP contribution in [-0.2, 0) is 18.4 Å². The van der Waals surface area contributed by atoms with Gasteiger partial charge in [-0.1, -0.05) is 321 Å². The van der Waals surface area contributed by atoms with E-state index in [-0.39, 0.29) is 19.1 Å². The molecule has 0 heterocycles. The molecule has 3 atom stereocenters. The molecule has 430 valence electrons. The summed E-state index contributed by atoms with van der Waals surface area (Å²) in [4.78, 5) is 25.4. The van der Waals surface area contributed by atoms with Crippen molar-refractivity contribution in [2.24, 2.45) is 0 Å². The molecule has 0 radical (unpaired) electrons. The number of aliphatic hydroxyl groups excluding tert-OH is 1. The molecule has 2 N–H and O–H groups in total. The molecular formula is C63H127N2O6P. The van der Waals surface area contributed by atoms with Crippen molar-refractivity contribution < 1.29 is 32.9 Å². The van der Waals surface area contributed by atoms with Crippen molar-refractivity contribution >= 4 is 13.7 Å². The number of nitrogens with one attached hydrogen (secondary N) is 1. The van der Waals surface area contributed by atoms with Crippen LogP contribution in [0.25, 0.3) is 0 Å². The lowest BCUT2D eigenvalue weighted by atomic mass is 10.0. The first-order chi connectivity index (χ1) is 35.0. The Morgan fingerprint density at radius 2 is 0.750 bits per heavy atom. The quantitative estimate of drug-likeness (QED) is 0.0272. The van der Waals surface area contributed by atoms with E-state index in [9.17, 15) is 19.4 Å². The lowest BCUT2D eigenvalue weighted by Gasteiger charge is -2.29. The molecule has 3 unspecified atom stereocenters. The zero-order valence-corrected chi connectivity index (χ0v) is 50.1. The van der Waals surface area contributed by atoms with E-state index in [2.05, 4.69) is 19.2 Å². The van der Waals surface area contributed by atoms with Gasteiger partial charge in [0.1, 0.15) is 13.2 Å². The van der Waals surface area contributed by atoms with Crippen molar-refractivity contribution in [3.8, 4) is 0 Å². The molecule has 0 aromatic rings. The number of aliphatic hydroxyl groups is 1. The molecule has 0 aromatic carbocycles. The summed E-state index contributed by atoms with van der Waals surface area (Å²) in [7, 11) is 1.28. The second-order valence-electron chi connectivity index (χ2n) is 23.5. The number of carbonyl (C=O) groups excluding carboxylic acids is 1. The number of phosphoric acid groups is 1. The number of likely N-dealkylation sites (N-methyl/N-ethyl adjacent to an activating group) is 1. The number of phosphoric ester groups is 1. The minimum absolute atomic E-state index is 0.00227. The Hall–Kier alpha value is -0.760. The largest absolute Gasteiger partial charge is 0.756 e. The topological polar surface area (TPSA) is 108 Å². The molecule has 0 bridgehead atoms. The molecule has 0 rings (SSSR count). The number of unbranched alkanes of at least 4 members (excludes halogenated alkanes) is 47. The van der Waals surface area contributed by atoms with Crippen LogP contribution < -0.4 is 10.2 Å². The van der Waals surface area contributed by atoms with Crippen molar-refractivity contribution in [1.29, 1.82) is 0 Å². The summed E-state index contributed by atoms with van der Waals surface area (Å²) in [5, 5.41) is 13.8. The van der Waals surface area contributed by atoms with Crippen LogP contribution in [0.15, 0.2) is 12.2 Å². The van der Waals surface area contributed by atoms with E-state index in [4.69, 9.17) is 9.05 Å². The maximum atomic E-state index is 12.9. The molecular weight excluding hydrogens is 912 g/mol. The summed E-state index contributed by atoms with van der Waals surface area (Å²) in [6, 6.07) is -0.881. The van der Waals surface area contributed by atoms with Gasteiger partial charge in [0, 0.05) is 6.42 Å². The Labute approximate surface area is 450 Å². The maximum Gasteiger partial charge on any atom is 0.268 e. The lowest BCUT2D eigenvalue weighted by Crippen LogP contribution is -2.45. The molecule has 72 heavy (non-hydrogen) atoms. The van der Waals surface area contributed by atoms with Crippen molar-refractivity contribution in [3.05, 3.63) is 12.2 Å². The van der Waals surface area contributed by atoms with Gasteiger partial charge >= 0.3 is 0 Å². The molecule has 0 aliphatic rings. The SMILES string of the molecule is CCCCCCCCCCC/C=C/C(O)C(COP(=O)([O-])OCC[N+](C)(C)C)NC(=O)CCCCCCCCCCCCCCCCCCCCCCCCCCCCCCCCCCCCCCCCC. The lowest BCUT2D eigenvalue weighted by molar-refractivity contribution is -0.870. The number of allylic oxidation sites excluding steroid dienone is 1. The third kappa shape index (κ3) is 57.0. The van der Waals surface area contributed by atoms with Crippen LogP contribution in [0.3, 0.4) is 0 Å². The van der Waals surface area contributed by atoms with Gasteiger partial charge in [0.05, 0.1) is 39.9 Å². The fraction of sp³-hybridized carbons (Fsp3) is 0.952. The van der Waals surface area contributed by atoms with Gasteiger partial charge in [0.15, 0.2) is 0 Å². The fourth-order valence-electron chi connectivity index (χ4n) is 9.98. The van der Waals surface area contributed by atoms with E-state index in [0.717, 1.165) is 38.5 Å². The van der Waals surface area contributed by atoms with Gasteiger partial charge in [0.2, 0.25) is 5.91 Å². The monoisotopic (exact) mass is 1040 g/mol. The van der Waals surface area contributed by atoms with Gasteiger partial charge in [-0.15, -0.1) is 0 Å². The van der Waals surface area contributed by atoms with E-state index in [0.29, 0.717) is 17.4 Å². The van der Waals surface area contributed by atoms with Gasteiger partial charge in [-0.2, -0.15) is 0 Å². The number of hydrogen-bond acceptors (Lipinski definition) is 6. The summed E-state index contributed by atoms with van der Waals surface area (Å²) < 4.78 is 23.3. The van der Waals surface area contributed by atoms with E-state index in [1.807, 2.05) is 27.2 Å². The molecule has 0 saturated carbocycles.